The minimum absolute atomic E-state index is 0.890. The van der Waals surface area contributed by atoms with E-state index < -0.39 is 0 Å². The van der Waals surface area contributed by atoms with Crippen molar-refractivity contribution in [2.45, 2.75) is 161 Å². The summed E-state index contributed by atoms with van der Waals surface area (Å²) in [7, 11) is 0. The van der Waals surface area contributed by atoms with Crippen molar-refractivity contribution in [2.75, 3.05) is 0 Å². The highest BCUT2D eigenvalue weighted by Gasteiger charge is 2.01. The average molecular weight is 417 g/mol. The van der Waals surface area contributed by atoms with Gasteiger partial charge >= 0.3 is 0 Å². The summed E-state index contributed by atoms with van der Waals surface area (Å²) in [5.74, 6) is 7.72. The van der Waals surface area contributed by atoms with E-state index in [0.29, 0.717) is 0 Å². The Balaban J connectivity index is 3.23. The highest BCUT2D eigenvalue weighted by molar-refractivity contribution is 4.98. The number of unbranched alkanes of at least 4 members (excludes halogenated alkanes) is 19. The van der Waals surface area contributed by atoms with Crippen molar-refractivity contribution in [2.24, 2.45) is 5.92 Å². The normalized spacial score (nSPS) is 12.0. The minimum Gasteiger partial charge on any atom is -0.103 e. The molecule has 176 valence electrons. The third kappa shape index (κ3) is 25.6. The van der Waals surface area contributed by atoms with Crippen molar-refractivity contribution < 1.29 is 0 Å². The van der Waals surface area contributed by atoms with Crippen LogP contribution in [0.3, 0.4) is 0 Å². The molecule has 0 aliphatic heterocycles. The standard InChI is InChI=1S/C30H56/c1-4-6-8-10-12-14-15-16-17-18-19-20-21-23-25-27-29-30(3)28-26-24-22-13-11-9-7-5-2/h30H,1-2,4-20,22,24-29H2,3H3. The third-order valence-electron chi connectivity index (χ3n) is 6.37. The first kappa shape index (κ1) is 29.6. The van der Waals surface area contributed by atoms with Crippen molar-refractivity contribution in [1.29, 1.82) is 0 Å². The SMILES string of the molecule is [CH2]CCCCCCCCCCCCC#CCCCC(C)CCCCCCCCC[CH2]. The minimum atomic E-state index is 0.890. The summed E-state index contributed by atoms with van der Waals surface area (Å²) in [5.41, 5.74) is 0. The second kappa shape index (κ2) is 26.6. The molecule has 0 spiro atoms. The Morgan fingerprint density at radius 2 is 0.767 bits per heavy atom. The predicted molar refractivity (Wildman–Crippen MR) is 138 cm³/mol. The van der Waals surface area contributed by atoms with Crippen LogP contribution in [0.1, 0.15) is 161 Å². The fourth-order valence-corrected chi connectivity index (χ4v) is 4.22. The van der Waals surface area contributed by atoms with Gasteiger partial charge in [0.05, 0.1) is 0 Å². The first-order valence-corrected chi connectivity index (χ1v) is 13.9. The number of hydrogen-bond donors (Lipinski definition) is 0. The first-order chi connectivity index (χ1) is 14.8. The largest absolute Gasteiger partial charge is 0.103 e. The average Bonchev–Trinajstić information content (AvgIpc) is 2.75. The van der Waals surface area contributed by atoms with Crippen molar-refractivity contribution >= 4 is 0 Å². The molecule has 0 bridgehead atoms. The molecule has 0 aromatic heterocycles. The molecular weight excluding hydrogens is 360 g/mol. The van der Waals surface area contributed by atoms with Crippen molar-refractivity contribution in [3.8, 4) is 11.8 Å². The Bertz CT molecular complexity index is 358. The second-order valence-electron chi connectivity index (χ2n) is 9.61. The van der Waals surface area contributed by atoms with Crippen LogP contribution in [0.25, 0.3) is 0 Å². The molecule has 1 unspecified atom stereocenters. The molecule has 30 heavy (non-hydrogen) atoms. The molecule has 0 aliphatic carbocycles. The topological polar surface area (TPSA) is 0 Å². The molecule has 0 aliphatic rings. The van der Waals surface area contributed by atoms with Gasteiger partial charge in [0.25, 0.3) is 0 Å². The van der Waals surface area contributed by atoms with Crippen molar-refractivity contribution in [3.63, 3.8) is 0 Å². The zero-order valence-electron chi connectivity index (χ0n) is 21.0. The maximum absolute atomic E-state index is 3.91. The molecule has 1 atom stereocenters. The van der Waals surface area contributed by atoms with Gasteiger partial charge in [-0.2, -0.15) is 0 Å². The van der Waals surface area contributed by atoms with Crippen LogP contribution in [0.4, 0.5) is 0 Å². The van der Waals surface area contributed by atoms with Crippen LogP contribution in [0, 0.1) is 31.6 Å². The van der Waals surface area contributed by atoms with E-state index in [2.05, 4.69) is 32.6 Å². The second-order valence-corrected chi connectivity index (χ2v) is 9.61. The lowest BCUT2D eigenvalue weighted by molar-refractivity contribution is 0.445. The molecule has 0 aromatic rings. The molecule has 0 heterocycles. The summed E-state index contributed by atoms with van der Waals surface area (Å²) in [5, 5.41) is 0. The van der Waals surface area contributed by atoms with Gasteiger partial charge in [-0.1, -0.05) is 143 Å². The Morgan fingerprint density at radius 1 is 0.433 bits per heavy atom. The highest BCUT2D eigenvalue weighted by Crippen LogP contribution is 2.17. The van der Waals surface area contributed by atoms with Crippen LogP contribution in [0.5, 0.6) is 0 Å². The lowest BCUT2D eigenvalue weighted by atomic mass is 9.96. The van der Waals surface area contributed by atoms with E-state index in [4.69, 9.17) is 0 Å². The third-order valence-corrected chi connectivity index (χ3v) is 6.37. The molecule has 0 saturated carbocycles. The van der Waals surface area contributed by atoms with Crippen LogP contribution in [-0.4, -0.2) is 0 Å². The summed E-state index contributed by atoms with van der Waals surface area (Å²) in [6.07, 6.45) is 32.4. The molecule has 0 rings (SSSR count). The van der Waals surface area contributed by atoms with Gasteiger partial charge in [0.2, 0.25) is 0 Å². The molecule has 0 N–H and O–H groups in total. The lowest BCUT2D eigenvalue weighted by Crippen LogP contribution is -1.94. The first-order valence-electron chi connectivity index (χ1n) is 13.9. The fourth-order valence-electron chi connectivity index (χ4n) is 4.22. The molecule has 0 aromatic carbocycles. The fraction of sp³-hybridized carbons (Fsp3) is 0.867. The predicted octanol–water partition coefficient (Wildman–Crippen LogP) is 10.7. The van der Waals surface area contributed by atoms with Crippen LogP contribution in [0.15, 0.2) is 0 Å². The van der Waals surface area contributed by atoms with Gasteiger partial charge < -0.3 is 0 Å². The molecule has 0 saturated heterocycles. The van der Waals surface area contributed by atoms with Crippen molar-refractivity contribution in [3.05, 3.63) is 13.8 Å². The van der Waals surface area contributed by atoms with Gasteiger partial charge in [-0.05, 0) is 25.2 Å². The molecule has 0 heteroatoms. The van der Waals surface area contributed by atoms with Gasteiger partial charge in [-0.3, -0.25) is 0 Å². The summed E-state index contributed by atoms with van der Waals surface area (Å²) in [6.45, 7) is 10.3. The van der Waals surface area contributed by atoms with Crippen LogP contribution in [0.2, 0.25) is 0 Å². The number of rotatable bonds is 23. The maximum Gasteiger partial charge on any atom is 0.00887 e. The monoisotopic (exact) mass is 416 g/mol. The van der Waals surface area contributed by atoms with E-state index in [1.807, 2.05) is 0 Å². The quantitative estimate of drug-likeness (QED) is 0.115. The van der Waals surface area contributed by atoms with Gasteiger partial charge in [-0.25, -0.2) is 0 Å². The Hall–Kier alpha value is -0.440. The Labute approximate surface area is 192 Å². The van der Waals surface area contributed by atoms with Crippen LogP contribution in [-0.2, 0) is 0 Å². The van der Waals surface area contributed by atoms with E-state index in [-0.39, 0.29) is 0 Å². The molecule has 2 radical (unpaired) electrons. The summed E-state index contributed by atoms with van der Waals surface area (Å²) < 4.78 is 0. The van der Waals surface area contributed by atoms with Gasteiger partial charge in [0.15, 0.2) is 0 Å². The van der Waals surface area contributed by atoms with Crippen LogP contribution >= 0.6 is 0 Å². The molecule has 0 amide bonds. The van der Waals surface area contributed by atoms with E-state index in [1.165, 1.54) is 128 Å². The Kier molecular flexibility index (Phi) is 26.2. The van der Waals surface area contributed by atoms with E-state index >= 15 is 0 Å². The van der Waals surface area contributed by atoms with E-state index in [9.17, 15) is 0 Å². The summed E-state index contributed by atoms with van der Waals surface area (Å²) in [4.78, 5) is 0. The van der Waals surface area contributed by atoms with Gasteiger partial charge in [0.1, 0.15) is 0 Å². The summed E-state index contributed by atoms with van der Waals surface area (Å²) >= 11 is 0. The zero-order valence-corrected chi connectivity index (χ0v) is 21.0. The molecule has 0 fully saturated rings. The van der Waals surface area contributed by atoms with Crippen LogP contribution < -0.4 is 0 Å². The highest BCUT2D eigenvalue weighted by atomic mass is 14.1. The lowest BCUT2D eigenvalue weighted by Gasteiger charge is -2.09. The maximum atomic E-state index is 3.91. The van der Waals surface area contributed by atoms with E-state index in [1.54, 1.807) is 0 Å². The smallest absolute Gasteiger partial charge is 0.00887 e. The van der Waals surface area contributed by atoms with Crippen molar-refractivity contribution in [1.82, 2.24) is 0 Å². The Morgan fingerprint density at radius 3 is 1.23 bits per heavy atom. The number of hydrogen-bond acceptors (Lipinski definition) is 0. The molecular formula is C30H56. The molecule has 0 nitrogen and oxygen atoms in total. The van der Waals surface area contributed by atoms with Gasteiger partial charge in [0, 0.05) is 12.8 Å². The zero-order chi connectivity index (χ0) is 22.0. The van der Waals surface area contributed by atoms with Gasteiger partial charge in [-0.15, -0.1) is 11.8 Å². The summed E-state index contributed by atoms with van der Waals surface area (Å²) in [6, 6.07) is 0. The van der Waals surface area contributed by atoms with E-state index in [0.717, 1.165) is 31.6 Å².